The Morgan fingerprint density at radius 1 is 0.926 bits per heavy atom. The van der Waals surface area contributed by atoms with Gasteiger partial charge in [-0.15, -0.1) is 10.2 Å². The zero-order valence-electron chi connectivity index (χ0n) is 14.4. The maximum atomic E-state index is 5.75. The second-order valence-electron chi connectivity index (χ2n) is 5.66. The average Bonchev–Trinajstić information content (AvgIpc) is 3.22. The van der Waals surface area contributed by atoms with Crippen molar-refractivity contribution < 1.29 is 9.15 Å². The number of hydrogen-bond donors (Lipinski definition) is 0. The van der Waals surface area contributed by atoms with Crippen LogP contribution in [0.2, 0.25) is 0 Å². The van der Waals surface area contributed by atoms with Crippen LogP contribution in [-0.4, -0.2) is 20.2 Å². The third-order valence-corrected chi connectivity index (χ3v) is 4.60. The van der Waals surface area contributed by atoms with Crippen molar-refractivity contribution in [1.29, 1.82) is 0 Å². The highest BCUT2D eigenvalue weighted by molar-refractivity contribution is 7.98. The van der Waals surface area contributed by atoms with Gasteiger partial charge < -0.3 is 9.15 Å². The number of pyridine rings is 2. The lowest BCUT2D eigenvalue weighted by atomic mass is 10.2. The number of aromatic nitrogens is 4. The molecule has 0 fully saturated rings. The summed E-state index contributed by atoms with van der Waals surface area (Å²) in [5.74, 6) is 2.02. The number of hydrogen-bond acceptors (Lipinski definition) is 7. The standard InChI is InChI=1S/C20H16N4O2S/c1-2-11-22-17(5-1)13-25-18-8-6-15(7-9-18)14-27-20-24-23-19(26-20)16-4-3-10-21-12-16/h1-12H,13-14H2. The van der Waals surface area contributed by atoms with Gasteiger partial charge in [0.05, 0.1) is 11.3 Å². The third-order valence-electron chi connectivity index (χ3n) is 3.71. The van der Waals surface area contributed by atoms with Crippen LogP contribution in [0.5, 0.6) is 5.75 Å². The molecule has 4 rings (SSSR count). The van der Waals surface area contributed by atoms with Gasteiger partial charge in [-0.05, 0) is 42.0 Å². The minimum atomic E-state index is 0.452. The largest absolute Gasteiger partial charge is 0.487 e. The zero-order chi connectivity index (χ0) is 18.3. The molecule has 0 atom stereocenters. The van der Waals surface area contributed by atoms with Crippen LogP contribution in [0.25, 0.3) is 11.5 Å². The predicted molar refractivity (Wildman–Crippen MR) is 102 cm³/mol. The molecule has 0 saturated carbocycles. The van der Waals surface area contributed by atoms with E-state index in [2.05, 4.69) is 20.2 Å². The van der Waals surface area contributed by atoms with Crippen LogP contribution in [0.1, 0.15) is 11.3 Å². The molecule has 1 aromatic carbocycles. The fraction of sp³-hybridized carbons (Fsp3) is 0.100. The Kier molecular flexibility index (Phi) is 5.40. The molecule has 0 aliphatic rings. The molecule has 0 amide bonds. The van der Waals surface area contributed by atoms with Gasteiger partial charge in [0.25, 0.3) is 5.22 Å². The van der Waals surface area contributed by atoms with Crippen LogP contribution in [0.4, 0.5) is 0 Å². The van der Waals surface area contributed by atoms with Crippen molar-refractivity contribution in [2.75, 3.05) is 0 Å². The summed E-state index contributed by atoms with van der Waals surface area (Å²) in [4.78, 5) is 8.30. The maximum Gasteiger partial charge on any atom is 0.277 e. The molecule has 6 nitrogen and oxygen atoms in total. The molecule has 0 saturated heterocycles. The molecule has 0 aliphatic heterocycles. The molecule has 4 aromatic rings. The molecule has 27 heavy (non-hydrogen) atoms. The fourth-order valence-corrected chi connectivity index (χ4v) is 3.06. The first kappa shape index (κ1) is 17.2. The smallest absolute Gasteiger partial charge is 0.277 e. The van der Waals surface area contributed by atoms with Crippen molar-refractivity contribution in [1.82, 2.24) is 20.2 Å². The Morgan fingerprint density at radius 3 is 2.63 bits per heavy atom. The second kappa shape index (κ2) is 8.46. The highest BCUT2D eigenvalue weighted by Crippen LogP contribution is 2.26. The molecule has 7 heteroatoms. The molecule has 134 valence electrons. The van der Waals surface area contributed by atoms with Gasteiger partial charge in [0.1, 0.15) is 12.4 Å². The van der Waals surface area contributed by atoms with Crippen LogP contribution < -0.4 is 4.74 Å². The van der Waals surface area contributed by atoms with Crippen molar-refractivity contribution in [2.24, 2.45) is 0 Å². The molecule has 0 bridgehead atoms. The number of ether oxygens (including phenoxy) is 1. The molecule has 3 heterocycles. The molecular formula is C20H16N4O2S. The first-order chi connectivity index (χ1) is 13.4. The molecule has 0 unspecified atom stereocenters. The van der Waals surface area contributed by atoms with E-state index in [1.165, 1.54) is 11.8 Å². The number of rotatable bonds is 7. The van der Waals surface area contributed by atoms with Crippen molar-refractivity contribution in [2.45, 2.75) is 17.6 Å². The minimum Gasteiger partial charge on any atom is -0.487 e. The summed E-state index contributed by atoms with van der Waals surface area (Å²) in [5, 5.41) is 8.67. The monoisotopic (exact) mass is 376 g/mol. The predicted octanol–water partition coefficient (Wildman–Crippen LogP) is 4.40. The summed E-state index contributed by atoms with van der Waals surface area (Å²) >= 11 is 1.49. The maximum absolute atomic E-state index is 5.75. The Morgan fingerprint density at radius 2 is 1.85 bits per heavy atom. The zero-order valence-corrected chi connectivity index (χ0v) is 15.2. The van der Waals surface area contributed by atoms with E-state index in [0.29, 0.717) is 17.7 Å². The van der Waals surface area contributed by atoms with Gasteiger partial charge in [-0.3, -0.25) is 9.97 Å². The topological polar surface area (TPSA) is 73.9 Å². The summed E-state index contributed by atoms with van der Waals surface area (Å²) in [6, 6.07) is 17.5. The molecular weight excluding hydrogens is 360 g/mol. The van der Waals surface area contributed by atoms with Crippen LogP contribution in [0, 0.1) is 0 Å². The van der Waals surface area contributed by atoms with Crippen molar-refractivity contribution in [3.8, 4) is 17.2 Å². The van der Waals surface area contributed by atoms with Crippen molar-refractivity contribution in [3.63, 3.8) is 0 Å². The minimum absolute atomic E-state index is 0.452. The van der Waals surface area contributed by atoms with E-state index in [4.69, 9.17) is 9.15 Å². The normalized spacial score (nSPS) is 10.7. The van der Waals surface area contributed by atoms with Gasteiger partial charge in [0, 0.05) is 24.3 Å². The highest BCUT2D eigenvalue weighted by Gasteiger charge is 2.09. The van der Waals surface area contributed by atoms with Gasteiger partial charge in [-0.25, -0.2) is 0 Å². The molecule has 0 aliphatic carbocycles. The van der Waals surface area contributed by atoms with Crippen LogP contribution >= 0.6 is 11.8 Å². The summed E-state index contributed by atoms with van der Waals surface area (Å²) in [5.41, 5.74) is 2.86. The van der Waals surface area contributed by atoms with Crippen LogP contribution in [0.3, 0.4) is 0 Å². The third kappa shape index (κ3) is 4.71. The fourth-order valence-electron chi connectivity index (χ4n) is 2.34. The Labute approximate surface area is 160 Å². The molecule has 0 N–H and O–H groups in total. The lowest BCUT2D eigenvalue weighted by molar-refractivity contribution is 0.301. The Balaban J connectivity index is 1.31. The van der Waals surface area contributed by atoms with Gasteiger partial charge in [0.2, 0.25) is 5.89 Å². The van der Waals surface area contributed by atoms with E-state index in [1.807, 2.05) is 54.6 Å². The van der Waals surface area contributed by atoms with E-state index >= 15 is 0 Å². The van der Waals surface area contributed by atoms with Gasteiger partial charge >= 0.3 is 0 Å². The van der Waals surface area contributed by atoms with Crippen LogP contribution in [0.15, 0.2) is 82.8 Å². The van der Waals surface area contributed by atoms with Gasteiger partial charge in [0.15, 0.2) is 0 Å². The van der Waals surface area contributed by atoms with Gasteiger partial charge in [-0.2, -0.15) is 0 Å². The van der Waals surface area contributed by atoms with E-state index in [-0.39, 0.29) is 0 Å². The number of thioether (sulfide) groups is 1. The average molecular weight is 376 g/mol. The molecule has 0 spiro atoms. The molecule has 0 radical (unpaired) electrons. The van der Waals surface area contributed by atoms with E-state index in [0.717, 1.165) is 28.3 Å². The summed E-state index contributed by atoms with van der Waals surface area (Å²) in [6.07, 6.45) is 5.17. The van der Waals surface area contributed by atoms with Gasteiger partial charge in [-0.1, -0.05) is 30.0 Å². The lowest BCUT2D eigenvalue weighted by Crippen LogP contribution is -1.97. The quantitative estimate of drug-likeness (QED) is 0.443. The number of nitrogens with zero attached hydrogens (tertiary/aromatic N) is 4. The summed E-state index contributed by atoms with van der Waals surface area (Å²) < 4.78 is 11.4. The SMILES string of the molecule is c1ccc(COc2ccc(CSc3nnc(-c4cccnc4)o3)cc2)nc1. The number of benzene rings is 1. The van der Waals surface area contributed by atoms with Crippen molar-refractivity contribution >= 4 is 11.8 Å². The van der Waals surface area contributed by atoms with Crippen molar-refractivity contribution in [3.05, 3.63) is 84.4 Å². The summed E-state index contributed by atoms with van der Waals surface area (Å²) in [6.45, 7) is 0.452. The van der Waals surface area contributed by atoms with E-state index < -0.39 is 0 Å². The van der Waals surface area contributed by atoms with Crippen LogP contribution in [-0.2, 0) is 12.4 Å². The molecule has 3 aromatic heterocycles. The Bertz CT molecular complexity index is 976. The van der Waals surface area contributed by atoms with E-state index in [9.17, 15) is 0 Å². The lowest BCUT2D eigenvalue weighted by Gasteiger charge is -2.06. The Hall–Kier alpha value is -3.19. The first-order valence-electron chi connectivity index (χ1n) is 8.35. The summed E-state index contributed by atoms with van der Waals surface area (Å²) in [7, 11) is 0. The highest BCUT2D eigenvalue weighted by atomic mass is 32.2. The first-order valence-corrected chi connectivity index (χ1v) is 9.34. The van der Waals surface area contributed by atoms with E-state index in [1.54, 1.807) is 18.6 Å². The second-order valence-corrected chi connectivity index (χ2v) is 6.58.